The van der Waals surface area contributed by atoms with Gasteiger partial charge in [-0.1, -0.05) is 6.92 Å². The molecule has 1 aromatic heterocycles. The van der Waals surface area contributed by atoms with Gasteiger partial charge in [-0.05, 0) is 29.3 Å². The minimum Gasteiger partial charge on any atom is -0.348 e. The van der Waals surface area contributed by atoms with Crippen molar-refractivity contribution < 1.29 is 0 Å². The zero-order chi connectivity index (χ0) is 10.0. The summed E-state index contributed by atoms with van der Waals surface area (Å²) in [6, 6.07) is 0.496. The van der Waals surface area contributed by atoms with Crippen molar-refractivity contribution in [1.82, 2.24) is 9.55 Å². The van der Waals surface area contributed by atoms with Gasteiger partial charge in [-0.2, -0.15) is 0 Å². The predicted molar refractivity (Wildman–Crippen MR) is 59.3 cm³/mol. The maximum atomic E-state index is 4.38. The third kappa shape index (κ3) is 2.24. The summed E-state index contributed by atoms with van der Waals surface area (Å²) in [5.74, 6) is 1.00. The van der Waals surface area contributed by atoms with Crippen molar-refractivity contribution in [3.63, 3.8) is 0 Å². The van der Waals surface area contributed by atoms with Crippen LogP contribution in [0.25, 0.3) is 0 Å². The van der Waals surface area contributed by atoms with Crippen LogP contribution in [0.1, 0.15) is 26.3 Å². The van der Waals surface area contributed by atoms with Gasteiger partial charge in [0, 0.05) is 26.3 Å². The normalized spacial score (nSPS) is 13.0. The number of rotatable bonds is 3. The van der Waals surface area contributed by atoms with Crippen LogP contribution in [-0.2, 0) is 0 Å². The molecular formula is C9H16BrN3. The second-order valence-corrected chi connectivity index (χ2v) is 4.24. The number of anilines is 1. The van der Waals surface area contributed by atoms with Crippen LogP contribution in [0.5, 0.6) is 0 Å². The molecule has 0 fully saturated rings. The smallest absolute Gasteiger partial charge is 0.206 e. The van der Waals surface area contributed by atoms with Gasteiger partial charge in [0.2, 0.25) is 5.95 Å². The molecule has 4 heteroatoms. The second kappa shape index (κ2) is 4.13. The van der Waals surface area contributed by atoms with Crippen LogP contribution < -0.4 is 4.90 Å². The Morgan fingerprint density at radius 2 is 2.23 bits per heavy atom. The Balaban J connectivity index is 3.04. The first-order valence-corrected chi connectivity index (χ1v) is 5.27. The number of nitrogens with zero attached hydrogens (tertiary/aromatic N) is 3. The van der Waals surface area contributed by atoms with Crippen LogP contribution in [0, 0.1) is 0 Å². The highest BCUT2D eigenvalue weighted by Crippen LogP contribution is 2.22. The van der Waals surface area contributed by atoms with E-state index >= 15 is 0 Å². The van der Waals surface area contributed by atoms with Gasteiger partial charge in [0.05, 0.1) is 0 Å². The van der Waals surface area contributed by atoms with Crippen LogP contribution in [-0.4, -0.2) is 23.6 Å². The van der Waals surface area contributed by atoms with E-state index in [0.717, 1.165) is 17.0 Å². The fourth-order valence-corrected chi connectivity index (χ4v) is 1.59. The number of halogens is 1. The Morgan fingerprint density at radius 3 is 2.69 bits per heavy atom. The Labute approximate surface area is 87.9 Å². The average Bonchev–Trinajstić information content (AvgIpc) is 2.46. The van der Waals surface area contributed by atoms with E-state index in [4.69, 9.17) is 0 Å². The SMILES string of the molecule is CCC(C)n1cc(Br)nc1N(C)C. The molecule has 13 heavy (non-hydrogen) atoms. The molecule has 0 saturated carbocycles. The minimum absolute atomic E-state index is 0.496. The van der Waals surface area contributed by atoms with Gasteiger partial charge in [0.15, 0.2) is 0 Å². The summed E-state index contributed by atoms with van der Waals surface area (Å²) in [6.45, 7) is 4.37. The summed E-state index contributed by atoms with van der Waals surface area (Å²) in [5.41, 5.74) is 0. The van der Waals surface area contributed by atoms with Crippen molar-refractivity contribution in [3.8, 4) is 0 Å². The number of imidazole rings is 1. The highest BCUT2D eigenvalue weighted by atomic mass is 79.9. The van der Waals surface area contributed by atoms with E-state index in [0.29, 0.717) is 6.04 Å². The van der Waals surface area contributed by atoms with E-state index in [2.05, 4.69) is 39.3 Å². The maximum Gasteiger partial charge on any atom is 0.206 e. The molecule has 3 nitrogen and oxygen atoms in total. The lowest BCUT2D eigenvalue weighted by molar-refractivity contribution is 0.530. The number of hydrogen-bond donors (Lipinski definition) is 0. The van der Waals surface area contributed by atoms with E-state index in [1.54, 1.807) is 0 Å². The van der Waals surface area contributed by atoms with Crippen LogP contribution >= 0.6 is 15.9 Å². The molecule has 1 heterocycles. The zero-order valence-electron chi connectivity index (χ0n) is 8.58. The first-order valence-electron chi connectivity index (χ1n) is 4.48. The van der Waals surface area contributed by atoms with E-state index in [1.165, 1.54) is 0 Å². The summed E-state index contributed by atoms with van der Waals surface area (Å²) >= 11 is 3.39. The molecule has 0 aliphatic rings. The molecule has 0 amide bonds. The number of hydrogen-bond acceptors (Lipinski definition) is 2. The van der Waals surface area contributed by atoms with Crippen molar-refractivity contribution in [2.75, 3.05) is 19.0 Å². The molecule has 0 N–H and O–H groups in total. The molecule has 1 unspecified atom stereocenters. The molecule has 1 rings (SSSR count). The standard InChI is InChI=1S/C9H16BrN3/c1-5-7(2)13-6-8(10)11-9(13)12(3)4/h6-7H,5H2,1-4H3. The van der Waals surface area contributed by atoms with Crippen molar-refractivity contribution in [2.45, 2.75) is 26.3 Å². The fourth-order valence-electron chi connectivity index (χ4n) is 1.21. The lowest BCUT2D eigenvalue weighted by Gasteiger charge is -2.18. The van der Waals surface area contributed by atoms with Crippen LogP contribution in [0.3, 0.4) is 0 Å². The van der Waals surface area contributed by atoms with Gasteiger partial charge in [-0.3, -0.25) is 0 Å². The number of aromatic nitrogens is 2. The fraction of sp³-hybridized carbons (Fsp3) is 0.667. The van der Waals surface area contributed by atoms with Gasteiger partial charge in [0.1, 0.15) is 4.60 Å². The summed E-state index contributed by atoms with van der Waals surface area (Å²) in [6.07, 6.45) is 3.15. The molecule has 74 valence electrons. The van der Waals surface area contributed by atoms with Crippen LogP contribution in [0.4, 0.5) is 5.95 Å². The molecule has 1 atom stereocenters. The minimum atomic E-state index is 0.496. The molecule has 0 aliphatic heterocycles. The maximum absolute atomic E-state index is 4.38. The molecule has 0 aromatic carbocycles. The van der Waals surface area contributed by atoms with E-state index in [9.17, 15) is 0 Å². The quantitative estimate of drug-likeness (QED) is 0.817. The Hall–Kier alpha value is -0.510. The van der Waals surface area contributed by atoms with Gasteiger partial charge in [-0.15, -0.1) is 0 Å². The Morgan fingerprint density at radius 1 is 1.62 bits per heavy atom. The summed E-state index contributed by atoms with van der Waals surface area (Å²) in [5, 5.41) is 0. The summed E-state index contributed by atoms with van der Waals surface area (Å²) in [4.78, 5) is 6.41. The van der Waals surface area contributed by atoms with E-state index in [-0.39, 0.29) is 0 Å². The summed E-state index contributed by atoms with van der Waals surface area (Å²) in [7, 11) is 4.02. The predicted octanol–water partition coefficient (Wildman–Crippen LogP) is 2.68. The van der Waals surface area contributed by atoms with Crippen molar-refractivity contribution in [3.05, 3.63) is 10.8 Å². The lowest BCUT2D eigenvalue weighted by Crippen LogP contribution is -2.16. The highest BCUT2D eigenvalue weighted by molar-refractivity contribution is 9.10. The highest BCUT2D eigenvalue weighted by Gasteiger charge is 2.11. The molecule has 0 bridgehead atoms. The van der Waals surface area contributed by atoms with Crippen molar-refractivity contribution in [1.29, 1.82) is 0 Å². The van der Waals surface area contributed by atoms with Crippen LogP contribution in [0.15, 0.2) is 10.8 Å². The third-order valence-electron chi connectivity index (χ3n) is 2.15. The molecule has 0 radical (unpaired) electrons. The second-order valence-electron chi connectivity index (χ2n) is 3.42. The molecule has 1 aromatic rings. The largest absolute Gasteiger partial charge is 0.348 e. The summed E-state index contributed by atoms with van der Waals surface area (Å²) < 4.78 is 3.08. The molecule has 0 spiro atoms. The van der Waals surface area contributed by atoms with Gasteiger partial charge in [-0.25, -0.2) is 4.98 Å². The topological polar surface area (TPSA) is 21.1 Å². The first kappa shape index (κ1) is 10.6. The average molecular weight is 246 g/mol. The molecular weight excluding hydrogens is 230 g/mol. The molecule has 0 saturated heterocycles. The Bertz CT molecular complexity index is 280. The van der Waals surface area contributed by atoms with Crippen LogP contribution in [0.2, 0.25) is 0 Å². The van der Waals surface area contributed by atoms with Gasteiger partial charge < -0.3 is 9.47 Å². The lowest BCUT2D eigenvalue weighted by atomic mass is 10.2. The zero-order valence-corrected chi connectivity index (χ0v) is 10.2. The van der Waals surface area contributed by atoms with E-state index in [1.807, 2.05) is 25.2 Å². The Kier molecular flexibility index (Phi) is 3.36. The van der Waals surface area contributed by atoms with Gasteiger partial charge >= 0.3 is 0 Å². The monoisotopic (exact) mass is 245 g/mol. The third-order valence-corrected chi connectivity index (χ3v) is 2.53. The van der Waals surface area contributed by atoms with Gasteiger partial charge in [0.25, 0.3) is 0 Å². The van der Waals surface area contributed by atoms with E-state index < -0.39 is 0 Å². The molecule has 0 aliphatic carbocycles. The van der Waals surface area contributed by atoms with Crippen molar-refractivity contribution >= 4 is 21.9 Å². The first-order chi connectivity index (χ1) is 6.06. The van der Waals surface area contributed by atoms with Crippen molar-refractivity contribution in [2.24, 2.45) is 0 Å².